The van der Waals surface area contributed by atoms with Gasteiger partial charge in [-0.1, -0.05) is 172 Å². The molecule has 0 unspecified atom stereocenters. The van der Waals surface area contributed by atoms with Gasteiger partial charge in [0.2, 0.25) is 0 Å². The minimum atomic E-state index is -0.0829. The van der Waals surface area contributed by atoms with Crippen LogP contribution in [0.2, 0.25) is 0 Å². The SMILES string of the molecule is CC1(C)c2ccccc2-c2ccc(-c3c4ccccc4c(-c4ccccc4)c4ccc(-c5cccc(-c6cccc7c6sc6ccccc67)c5)cc34)cc21. The first-order chi connectivity index (χ1) is 26.5. The molecule has 0 atom stereocenters. The Bertz CT molecular complexity index is 3120. The Morgan fingerprint density at radius 2 is 0.907 bits per heavy atom. The molecule has 0 amide bonds. The highest BCUT2D eigenvalue weighted by Gasteiger charge is 2.35. The quantitative estimate of drug-likeness (QED) is 0.160. The summed E-state index contributed by atoms with van der Waals surface area (Å²) < 4.78 is 2.68. The van der Waals surface area contributed by atoms with Gasteiger partial charge in [-0.05, 0) is 113 Å². The Morgan fingerprint density at radius 3 is 1.76 bits per heavy atom. The van der Waals surface area contributed by atoms with E-state index in [1.165, 1.54) is 108 Å². The molecular formula is C53H36S. The van der Waals surface area contributed by atoms with E-state index < -0.39 is 0 Å². The van der Waals surface area contributed by atoms with Crippen molar-refractivity contribution in [3.8, 4) is 55.6 Å². The summed E-state index contributed by atoms with van der Waals surface area (Å²) in [4.78, 5) is 0. The normalized spacial score (nSPS) is 13.1. The fraction of sp³-hybridized carbons (Fsp3) is 0.0566. The second-order valence-electron chi connectivity index (χ2n) is 15.2. The molecule has 0 aliphatic heterocycles. The van der Waals surface area contributed by atoms with Crippen LogP contribution in [0.15, 0.2) is 182 Å². The average molecular weight is 705 g/mol. The zero-order chi connectivity index (χ0) is 36.0. The third kappa shape index (κ3) is 4.62. The summed E-state index contributed by atoms with van der Waals surface area (Å²) >= 11 is 1.89. The second-order valence-corrected chi connectivity index (χ2v) is 16.3. The van der Waals surface area contributed by atoms with Crippen molar-refractivity contribution in [1.29, 1.82) is 0 Å². The third-order valence-electron chi connectivity index (χ3n) is 11.9. The molecule has 0 N–H and O–H groups in total. The van der Waals surface area contributed by atoms with Crippen LogP contribution in [0.1, 0.15) is 25.0 Å². The molecule has 0 fully saturated rings. The summed E-state index contributed by atoms with van der Waals surface area (Å²) in [6.07, 6.45) is 0. The van der Waals surface area contributed by atoms with E-state index in [0.29, 0.717) is 0 Å². The molecule has 1 aliphatic carbocycles. The smallest absolute Gasteiger partial charge is 0.0433 e. The summed E-state index contributed by atoms with van der Waals surface area (Å²) in [6, 6.07) is 67.9. The van der Waals surface area contributed by atoms with Crippen LogP contribution in [0.25, 0.3) is 97.4 Å². The van der Waals surface area contributed by atoms with Crippen LogP contribution >= 0.6 is 11.3 Å². The molecule has 1 aromatic heterocycles. The maximum absolute atomic E-state index is 2.48. The van der Waals surface area contributed by atoms with Gasteiger partial charge in [-0.25, -0.2) is 0 Å². The zero-order valence-electron chi connectivity index (χ0n) is 30.2. The van der Waals surface area contributed by atoms with Crippen molar-refractivity contribution in [3.63, 3.8) is 0 Å². The van der Waals surface area contributed by atoms with Crippen LogP contribution in [0.3, 0.4) is 0 Å². The van der Waals surface area contributed by atoms with Crippen molar-refractivity contribution in [2.75, 3.05) is 0 Å². The van der Waals surface area contributed by atoms with Gasteiger partial charge in [-0.15, -0.1) is 11.3 Å². The molecule has 0 radical (unpaired) electrons. The molecule has 1 heteroatoms. The highest BCUT2D eigenvalue weighted by Crippen LogP contribution is 2.51. The van der Waals surface area contributed by atoms with E-state index in [4.69, 9.17) is 0 Å². The monoisotopic (exact) mass is 704 g/mol. The van der Waals surface area contributed by atoms with Gasteiger partial charge in [0, 0.05) is 25.6 Å². The van der Waals surface area contributed by atoms with E-state index in [0.717, 1.165) is 0 Å². The van der Waals surface area contributed by atoms with Crippen molar-refractivity contribution < 1.29 is 0 Å². The van der Waals surface area contributed by atoms with Gasteiger partial charge in [0.15, 0.2) is 0 Å². The lowest BCUT2D eigenvalue weighted by molar-refractivity contribution is 0.660. The van der Waals surface area contributed by atoms with Crippen LogP contribution in [-0.4, -0.2) is 0 Å². The molecule has 1 aliphatic rings. The number of hydrogen-bond donors (Lipinski definition) is 0. The zero-order valence-corrected chi connectivity index (χ0v) is 31.0. The summed E-state index contributed by atoms with van der Waals surface area (Å²) in [5, 5.41) is 7.76. The van der Waals surface area contributed by atoms with E-state index in [9.17, 15) is 0 Å². The van der Waals surface area contributed by atoms with Crippen LogP contribution in [-0.2, 0) is 5.41 Å². The third-order valence-corrected chi connectivity index (χ3v) is 13.1. The van der Waals surface area contributed by atoms with Crippen molar-refractivity contribution in [3.05, 3.63) is 193 Å². The Hall–Kier alpha value is -6.28. The summed E-state index contributed by atoms with van der Waals surface area (Å²) in [5.74, 6) is 0. The minimum Gasteiger partial charge on any atom is -0.135 e. The van der Waals surface area contributed by atoms with E-state index >= 15 is 0 Å². The largest absolute Gasteiger partial charge is 0.135 e. The molecule has 0 saturated carbocycles. The molecule has 0 spiro atoms. The second kappa shape index (κ2) is 11.9. The first-order valence-electron chi connectivity index (χ1n) is 18.8. The van der Waals surface area contributed by atoms with E-state index in [-0.39, 0.29) is 5.41 Å². The lowest BCUT2D eigenvalue weighted by atomic mass is 9.80. The Kier molecular flexibility index (Phi) is 6.87. The van der Waals surface area contributed by atoms with Gasteiger partial charge < -0.3 is 0 Å². The van der Waals surface area contributed by atoms with E-state index in [2.05, 4.69) is 196 Å². The van der Waals surface area contributed by atoms with Gasteiger partial charge in [-0.2, -0.15) is 0 Å². The molecule has 10 aromatic rings. The predicted octanol–water partition coefficient (Wildman–Crippen LogP) is 15.3. The first-order valence-corrected chi connectivity index (χ1v) is 19.7. The van der Waals surface area contributed by atoms with E-state index in [1.54, 1.807) is 0 Å². The molecule has 0 saturated heterocycles. The lowest BCUT2D eigenvalue weighted by Gasteiger charge is -2.23. The topological polar surface area (TPSA) is 0 Å². The molecule has 0 bridgehead atoms. The van der Waals surface area contributed by atoms with E-state index in [1.807, 2.05) is 11.3 Å². The molecular weight excluding hydrogens is 669 g/mol. The highest BCUT2D eigenvalue weighted by atomic mass is 32.1. The van der Waals surface area contributed by atoms with Crippen LogP contribution in [0, 0.1) is 0 Å². The number of hydrogen-bond acceptors (Lipinski definition) is 1. The molecule has 1 heterocycles. The fourth-order valence-electron chi connectivity index (χ4n) is 9.29. The molecule has 0 nitrogen and oxygen atoms in total. The van der Waals surface area contributed by atoms with Gasteiger partial charge in [0.25, 0.3) is 0 Å². The molecule has 254 valence electrons. The van der Waals surface area contributed by atoms with Crippen molar-refractivity contribution in [2.24, 2.45) is 0 Å². The molecule has 9 aromatic carbocycles. The number of rotatable bonds is 4. The van der Waals surface area contributed by atoms with Gasteiger partial charge in [0.05, 0.1) is 0 Å². The number of benzene rings is 9. The minimum absolute atomic E-state index is 0.0829. The summed E-state index contributed by atoms with van der Waals surface area (Å²) in [6.45, 7) is 4.75. The fourth-order valence-corrected chi connectivity index (χ4v) is 10.5. The Balaban J connectivity index is 1.16. The van der Waals surface area contributed by atoms with Crippen LogP contribution in [0.5, 0.6) is 0 Å². The van der Waals surface area contributed by atoms with Gasteiger partial charge in [0.1, 0.15) is 0 Å². The van der Waals surface area contributed by atoms with Crippen LogP contribution < -0.4 is 0 Å². The maximum Gasteiger partial charge on any atom is 0.0433 e. The summed E-state index contributed by atoms with van der Waals surface area (Å²) in [7, 11) is 0. The van der Waals surface area contributed by atoms with Crippen molar-refractivity contribution >= 4 is 53.1 Å². The number of fused-ring (bicyclic) bond motifs is 8. The summed E-state index contributed by atoms with van der Waals surface area (Å²) in [5.41, 5.74) is 15.5. The van der Waals surface area contributed by atoms with Crippen molar-refractivity contribution in [2.45, 2.75) is 19.3 Å². The Morgan fingerprint density at radius 1 is 0.333 bits per heavy atom. The molecule has 54 heavy (non-hydrogen) atoms. The first kappa shape index (κ1) is 31.3. The molecule has 11 rings (SSSR count). The number of thiophene rings is 1. The maximum atomic E-state index is 2.48. The predicted molar refractivity (Wildman–Crippen MR) is 234 cm³/mol. The van der Waals surface area contributed by atoms with Gasteiger partial charge in [-0.3, -0.25) is 0 Å². The highest BCUT2D eigenvalue weighted by molar-refractivity contribution is 7.26. The lowest BCUT2D eigenvalue weighted by Crippen LogP contribution is -2.14. The van der Waals surface area contributed by atoms with Crippen LogP contribution in [0.4, 0.5) is 0 Å². The average Bonchev–Trinajstić information content (AvgIpc) is 3.72. The standard InChI is InChI=1S/C53H36S/c1-53(2)47-24-10-8-18-39(47)40-28-27-37(32-48(40)53)51-43-21-7-6-20-42(43)50(33-14-4-3-5-15-33)44-29-26-35(31-46(44)51)34-16-12-17-36(30-34)38-22-13-23-45-41-19-9-11-25-49(41)54-52(38)45/h3-32H,1-2H3. The van der Waals surface area contributed by atoms with Gasteiger partial charge >= 0.3 is 0 Å². The van der Waals surface area contributed by atoms with Crippen molar-refractivity contribution in [1.82, 2.24) is 0 Å². The Labute approximate surface area is 319 Å².